The summed E-state index contributed by atoms with van der Waals surface area (Å²) in [6, 6.07) is 8.97. The minimum Gasteiger partial charge on any atom is -0.495 e. The van der Waals surface area contributed by atoms with Gasteiger partial charge in [0.15, 0.2) is 0 Å². The summed E-state index contributed by atoms with van der Waals surface area (Å²) in [5, 5.41) is 2.65. The van der Waals surface area contributed by atoms with Crippen LogP contribution in [0, 0.1) is 5.82 Å². The van der Waals surface area contributed by atoms with Crippen LogP contribution in [-0.4, -0.2) is 62.0 Å². The van der Waals surface area contributed by atoms with Gasteiger partial charge in [0.2, 0.25) is 0 Å². The van der Waals surface area contributed by atoms with Crippen LogP contribution in [0.5, 0.6) is 5.75 Å². The lowest BCUT2D eigenvalue weighted by Crippen LogP contribution is -2.47. The molecule has 2 aromatic carbocycles. The number of hydrogen-bond donors (Lipinski definition) is 1. The number of anilines is 1. The zero-order valence-corrected chi connectivity index (χ0v) is 17.3. The van der Waals surface area contributed by atoms with Gasteiger partial charge in [0.05, 0.1) is 18.4 Å². The first-order valence-electron chi connectivity index (χ1n) is 8.81. The van der Waals surface area contributed by atoms with Gasteiger partial charge < -0.3 is 19.9 Å². The summed E-state index contributed by atoms with van der Waals surface area (Å²) in [5.41, 5.74) is 0.648. The number of piperazine rings is 1. The molecule has 0 spiro atoms. The summed E-state index contributed by atoms with van der Waals surface area (Å²) in [6.45, 7) is 2.92. The molecule has 6 nitrogen and oxygen atoms in total. The fourth-order valence-electron chi connectivity index (χ4n) is 2.99. The lowest BCUT2D eigenvalue weighted by atomic mass is 10.1. The summed E-state index contributed by atoms with van der Waals surface area (Å²) in [7, 11) is 3.48. The van der Waals surface area contributed by atoms with Crippen molar-refractivity contribution >= 4 is 33.4 Å². The molecule has 2 aromatic rings. The average molecular weight is 450 g/mol. The van der Waals surface area contributed by atoms with Gasteiger partial charge in [-0.05, 0) is 43.4 Å². The molecule has 1 fully saturated rings. The zero-order valence-electron chi connectivity index (χ0n) is 15.7. The van der Waals surface area contributed by atoms with Crippen molar-refractivity contribution in [2.75, 3.05) is 45.7 Å². The third kappa shape index (κ3) is 4.51. The van der Waals surface area contributed by atoms with E-state index >= 15 is 0 Å². The maximum absolute atomic E-state index is 14.0. The predicted octanol–water partition coefficient (Wildman–Crippen LogP) is 3.24. The first-order valence-corrected chi connectivity index (χ1v) is 9.60. The van der Waals surface area contributed by atoms with Crippen molar-refractivity contribution in [3.8, 4) is 5.75 Å². The highest BCUT2D eigenvalue weighted by Crippen LogP contribution is 2.27. The van der Waals surface area contributed by atoms with Crippen LogP contribution in [0.25, 0.3) is 0 Å². The number of benzene rings is 2. The van der Waals surface area contributed by atoms with Crippen LogP contribution < -0.4 is 10.1 Å². The van der Waals surface area contributed by atoms with Crippen molar-refractivity contribution in [2.24, 2.45) is 0 Å². The molecule has 2 amide bonds. The molecular weight excluding hydrogens is 429 g/mol. The van der Waals surface area contributed by atoms with E-state index in [1.807, 2.05) is 7.05 Å². The van der Waals surface area contributed by atoms with Gasteiger partial charge in [-0.15, -0.1) is 0 Å². The fraction of sp³-hybridized carbons (Fsp3) is 0.300. The molecule has 0 aliphatic carbocycles. The first-order chi connectivity index (χ1) is 13.4. The van der Waals surface area contributed by atoms with E-state index in [1.54, 1.807) is 23.1 Å². The highest BCUT2D eigenvalue weighted by Gasteiger charge is 2.22. The van der Waals surface area contributed by atoms with E-state index < -0.39 is 11.7 Å². The number of nitrogens with zero attached hydrogens (tertiary/aromatic N) is 2. The second-order valence-electron chi connectivity index (χ2n) is 6.59. The van der Waals surface area contributed by atoms with Crippen molar-refractivity contribution in [3.05, 3.63) is 57.8 Å². The Morgan fingerprint density at radius 1 is 1.11 bits per heavy atom. The molecule has 0 saturated carbocycles. The zero-order chi connectivity index (χ0) is 20.3. The summed E-state index contributed by atoms with van der Waals surface area (Å²) >= 11 is 3.23. The summed E-state index contributed by atoms with van der Waals surface area (Å²) < 4.78 is 19.9. The Bertz CT molecular complexity index is 898. The highest BCUT2D eigenvalue weighted by molar-refractivity contribution is 9.10. The maximum atomic E-state index is 14.0. The van der Waals surface area contributed by atoms with Gasteiger partial charge in [-0.25, -0.2) is 4.39 Å². The number of nitrogens with one attached hydrogen (secondary N) is 1. The molecule has 3 rings (SSSR count). The number of hydrogen-bond acceptors (Lipinski definition) is 4. The van der Waals surface area contributed by atoms with Crippen LogP contribution in [-0.2, 0) is 0 Å². The predicted molar refractivity (Wildman–Crippen MR) is 108 cm³/mol. The molecule has 0 unspecified atom stereocenters. The summed E-state index contributed by atoms with van der Waals surface area (Å²) in [5.74, 6) is -0.982. The number of amides is 2. The topological polar surface area (TPSA) is 61.9 Å². The molecule has 0 radical (unpaired) electrons. The van der Waals surface area contributed by atoms with Crippen molar-refractivity contribution in [1.29, 1.82) is 0 Å². The molecule has 1 aliphatic rings. The van der Waals surface area contributed by atoms with Crippen LogP contribution in [0.15, 0.2) is 40.9 Å². The largest absolute Gasteiger partial charge is 0.495 e. The molecule has 0 atom stereocenters. The number of rotatable bonds is 4. The number of carbonyl (C=O) groups is 2. The Balaban J connectivity index is 1.84. The number of ether oxygens (including phenoxy) is 1. The smallest absolute Gasteiger partial charge is 0.258 e. The molecule has 8 heteroatoms. The van der Waals surface area contributed by atoms with Gasteiger partial charge in [0.1, 0.15) is 11.6 Å². The van der Waals surface area contributed by atoms with Gasteiger partial charge in [0, 0.05) is 36.2 Å². The van der Waals surface area contributed by atoms with Gasteiger partial charge in [-0.2, -0.15) is 0 Å². The van der Waals surface area contributed by atoms with Gasteiger partial charge in [-0.1, -0.05) is 15.9 Å². The van der Waals surface area contributed by atoms with Gasteiger partial charge in [0.25, 0.3) is 11.8 Å². The average Bonchev–Trinajstić information content (AvgIpc) is 2.69. The molecule has 148 valence electrons. The minimum atomic E-state index is -0.635. The molecule has 1 aliphatic heterocycles. The van der Waals surface area contributed by atoms with Crippen LogP contribution in [0.3, 0.4) is 0 Å². The Morgan fingerprint density at radius 3 is 2.50 bits per heavy atom. The van der Waals surface area contributed by atoms with E-state index in [0.717, 1.165) is 13.1 Å². The monoisotopic (exact) mass is 449 g/mol. The molecule has 1 N–H and O–H groups in total. The van der Waals surface area contributed by atoms with E-state index in [9.17, 15) is 14.0 Å². The number of likely N-dealkylation sites (N-methyl/N-ethyl adjacent to an activating group) is 1. The molecule has 0 aromatic heterocycles. The summed E-state index contributed by atoms with van der Waals surface area (Å²) in [6.07, 6.45) is 0. The third-order valence-electron chi connectivity index (χ3n) is 4.66. The van der Waals surface area contributed by atoms with Gasteiger partial charge >= 0.3 is 0 Å². The number of carbonyl (C=O) groups excluding carboxylic acids is 2. The fourth-order valence-corrected chi connectivity index (χ4v) is 3.35. The van der Waals surface area contributed by atoms with Crippen molar-refractivity contribution in [2.45, 2.75) is 0 Å². The van der Waals surface area contributed by atoms with Crippen molar-refractivity contribution < 1.29 is 18.7 Å². The van der Waals surface area contributed by atoms with Crippen molar-refractivity contribution in [1.82, 2.24) is 9.80 Å². The normalized spacial score (nSPS) is 14.6. The standard InChI is InChI=1S/C20H21BrFN3O3/c1-24-7-9-25(10-8-24)20(27)13-3-6-18(28-2)17(11-13)23-19(26)15-12-14(21)4-5-16(15)22/h3-6,11-12H,7-10H2,1-2H3,(H,23,26). The minimum absolute atomic E-state index is 0.104. The highest BCUT2D eigenvalue weighted by atomic mass is 79.9. The van der Waals surface area contributed by atoms with E-state index in [2.05, 4.69) is 26.1 Å². The Morgan fingerprint density at radius 2 is 1.82 bits per heavy atom. The lowest BCUT2D eigenvalue weighted by molar-refractivity contribution is 0.0664. The maximum Gasteiger partial charge on any atom is 0.258 e. The molecule has 1 heterocycles. The lowest BCUT2D eigenvalue weighted by Gasteiger charge is -2.32. The first kappa shape index (κ1) is 20.3. The molecule has 28 heavy (non-hydrogen) atoms. The quantitative estimate of drug-likeness (QED) is 0.777. The van der Waals surface area contributed by atoms with Crippen LogP contribution >= 0.6 is 15.9 Å². The SMILES string of the molecule is COc1ccc(C(=O)N2CCN(C)CC2)cc1NC(=O)c1cc(Br)ccc1F. The van der Waals surface area contributed by atoms with E-state index in [-0.39, 0.29) is 11.5 Å². The van der Waals surface area contributed by atoms with Crippen molar-refractivity contribution in [3.63, 3.8) is 0 Å². The van der Waals surface area contributed by atoms with Crippen LogP contribution in [0.4, 0.5) is 10.1 Å². The Kier molecular flexibility index (Phi) is 6.31. The Hall–Kier alpha value is -2.45. The second-order valence-corrected chi connectivity index (χ2v) is 7.50. The second kappa shape index (κ2) is 8.70. The molecule has 0 bridgehead atoms. The van der Waals surface area contributed by atoms with E-state index in [4.69, 9.17) is 4.74 Å². The van der Waals surface area contributed by atoms with Crippen LogP contribution in [0.2, 0.25) is 0 Å². The molecular formula is C20H21BrFN3O3. The van der Waals surface area contributed by atoms with E-state index in [1.165, 1.54) is 25.3 Å². The third-order valence-corrected chi connectivity index (χ3v) is 5.15. The number of methoxy groups -OCH3 is 1. The number of halogens is 2. The van der Waals surface area contributed by atoms with Crippen LogP contribution in [0.1, 0.15) is 20.7 Å². The molecule has 1 saturated heterocycles. The van der Waals surface area contributed by atoms with E-state index in [0.29, 0.717) is 34.6 Å². The van der Waals surface area contributed by atoms with Gasteiger partial charge in [-0.3, -0.25) is 9.59 Å². The Labute approximate surface area is 171 Å². The summed E-state index contributed by atoms with van der Waals surface area (Å²) in [4.78, 5) is 29.3.